The van der Waals surface area contributed by atoms with Gasteiger partial charge >= 0.3 is 0 Å². The van der Waals surface area contributed by atoms with Gasteiger partial charge in [0.1, 0.15) is 6.60 Å². The summed E-state index contributed by atoms with van der Waals surface area (Å²) in [4.78, 5) is 0. The van der Waals surface area contributed by atoms with Crippen LogP contribution in [0.1, 0.15) is 89.0 Å². The van der Waals surface area contributed by atoms with Crippen molar-refractivity contribution in [1.29, 1.82) is 0 Å². The molecule has 0 amide bonds. The molecule has 0 aliphatic carbocycles. The summed E-state index contributed by atoms with van der Waals surface area (Å²) in [7, 11) is 1.40. The van der Waals surface area contributed by atoms with Gasteiger partial charge in [0.15, 0.2) is 0 Å². The Morgan fingerprint density at radius 2 is 1.39 bits per heavy atom. The average Bonchev–Trinajstić information content (AvgIpc) is 2.30. The van der Waals surface area contributed by atoms with Gasteiger partial charge in [-0.25, -0.2) is 0 Å². The van der Waals surface area contributed by atoms with Crippen LogP contribution in [0.15, 0.2) is 0 Å². The lowest BCUT2D eigenvalue weighted by Gasteiger charge is -2.35. The predicted molar refractivity (Wildman–Crippen MR) is 113 cm³/mol. The van der Waals surface area contributed by atoms with Gasteiger partial charge in [0.05, 0.1) is 7.17 Å². The summed E-state index contributed by atoms with van der Waals surface area (Å²) in [5, 5.41) is 0. The Morgan fingerprint density at radius 3 is 1.78 bits per heavy atom. The summed E-state index contributed by atoms with van der Waals surface area (Å²) in [6.07, 6.45) is 6.80. The molecule has 0 saturated heterocycles. The van der Waals surface area contributed by atoms with Crippen molar-refractivity contribution in [1.82, 2.24) is 0 Å². The molecule has 0 aliphatic rings. The number of hydrogen-bond donors (Lipinski definition) is 0. The third kappa shape index (κ3) is 11.3. The van der Waals surface area contributed by atoms with E-state index in [1.165, 1.54) is 39.0 Å². The van der Waals surface area contributed by atoms with Crippen molar-refractivity contribution in [3.63, 3.8) is 0 Å². The van der Waals surface area contributed by atoms with Gasteiger partial charge in [0, 0.05) is 0 Å². The predicted octanol–water partition coefficient (Wildman–Crippen LogP) is 7.02. The fourth-order valence-corrected chi connectivity index (χ4v) is 4.54. The van der Waals surface area contributed by atoms with Crippen molar-refractivity contribution in [3.8, 4) is 0 Å². The van der Waals surface area contributed by atoms with E-state index in [0.717, 1.165) is 18.4 Å². The lowest BCUT2D eigenvalue weighted by molar-refractivity contribution is 0.233. The van der Waals surface area contributed by atoms with E-state index in [4.69, 9.17) is 0 Å². The Hall–Kier alpha value is 0.130. The largest absolute Gasteiger partial charge is 0.105 e. The lowest BCUT2D eigenvalue weighted by Crippen LogP contribution is -2.33. The minimum absolute atomic E-state index is 0.442. The molecule has 0 nitrogen and oxygen atoms in total. The molecule has 23 heavy (non-hydrogen) atoms. The second-order valence-corrected chi connectivity index (χ2v) is 11.5. The molecular weight excluding hydrogens is 274 g/mol. The zero-order valence-electron chi connectivity index (χ0n) is 18.5. The van der Waals surface area contributed by atoms with Crippen LogP contribution in [0.2, 0.25) is 19.0 Å². The average molecular weight is 320 g/mol. The minimum Gasteiger partial charge on any atom is -0.0834 e. The van der Waals surface area contributed by atoms with Crippen LogP contribution in [-0.2, 0) is 0 Å². The molecule has 0 bridgehead atoms. The monoisotopic (exact) mass is 320 g/mol. The summed E-state index contributed by atoms with van der Waals surface area (Å²) in [6.45, 7) is 27.5. The first-order valence-corrected chi connectivity index (χ1v) is 10.2. The molecule has 0 spiro atoms. The van der Waals surface area contributed by atoms with Gasteiger partial charge in [-0.1, -0.05) is 95.1 Å². The van der Waals surface area contributed by atoms with E-state index >= 15 is 0 Å². The highest BCUT2D eigenvalue weighted by molar-refractivity contribution is 7.12. The first-order chi connectivity index (χ1) is 10.2. The molecule has 136 valence electrons. The molecular formula is C21H46B2. The molecule has 0 radical (unpaired) electrons. The van der Waals surface area contributed by atoms with E-state index in [2.05, 4.69) is 76.2 Å². The van der Waals surface area contributed by atoms with Crippen LogP contribution in [0.3, 0.4) is 0 Å². The van der Waals surface area contributed by atoms with Crippen molar-refractivity contribution in [2.75, 3.05) is 0 Å². The molecule has 2 heteroatoms. The molecule has 0 aromatic heterocycles. The number of rotatable bonds is 10. The van der Waals surface area contributed by atoms with Crippen LogP contribution in [0.5, 0.6) is 0 Å². The fourth-order valence-electron chi connectivity index (χ4n) is 4.54. The molecule has 0 heterocycles. The molecule has 0 rings (SSSR count). The topological polar surface area (TPSA) is 0 Å². The third-order valence-corrected chi connectivity index (χ3v) is 5.67. The van der Waals surface area contributed by atoms with Crippen molar-refractivity contribution in [3.05, 3.63) is 0 Å². The van der Waals surface area contributed by atoms with Crippen LogP contribution in [0.4, 0.5) is 0 Å². The maximum absolute atomic E-state index is 2.49. The molecule has 0 N–H and O–H groups in total. The van der Waals surface area contributed by atoms with E-state index in [0.29, 0.717) is 16.2 Å². The van der Waals surface area contributed by atoms with E-state index in [1.54, 1.807) is 0 Å². The Kier molecular flexibility index (Phi) is 9.05. The van der Waals surface area contributed by atoms with Crippen LogP contribution >= 0.6 is 0 Å². The van der Waals surface area contributed by atoms with Gasteiger partial charge < -0.3 is 0 Å². The Balaban J connectivity index is 4.55. The van der Waals surface area contributed by atoms with E-state index in [1.807, 2.05) is 0 Å². The highest BCUT2D eigenvalue weighted by atomic mass is 14.3. The van der Waals surface area contributed by atoms with Crippen LogP contribution in [0, 0.1) is 28.1 Å². The molecule has 0 aromatic carbocycles. The molecule has 0 aliphatic heterocycles. The molecule has 0 saturated carbocycles. The zero-order chi connectivity index (χ0) is 18.5. The van der Waals surface area contributed by atoms with Crippen molar-refractivity contribution >= 4 is 13.8 Å². The highest BCUT2D eigenvalue weighted by Crippen LogP contribution is 2.38. The quantitative estimate of drug-likeness (QED) is 0.379. The smallest absolute Gasteiger partial charge is 0.0834 e. The van der Waals surface area contributed by atoms with Gasteiger partial charge in [-0.15, -0.1) is 0 Å². The molecule has 0 aromatic rings. The Morgan fingerprint density at radius 1 is 0.870 bits per heavy atom. The summed E-state index contributed by atoms with van der Waals surface area (Å²) in [5.41, 5.74) is 1.40. The normalized spacial score (nSPS) is 15.0. The van der Waals surface area contributed by atoms with Crippen LogP contribution in [-0.4, -0.2) is 13.8 Å². The van der Waals surface area contributed by atoms with Crippen LogP contribution < -0.4 is 0 Å². The maximum Gasteiger partial charge on any atom is 0.105 e. The van der Waals surface area contributed by atoms with Crippen molar-refractivity contribution in [2.24, 2.45) is 28.1 Å². The first-order valence-electron chi connectivity index (χ1n) is 10.2. The summed E-state index contributed by atoms with van der Waals surface area (Å²) < 4.78 is 0. The lowest BCUT2D eigenvalue weighted by atomic mass is 9.16. The third-order valence-electron chi connectivity index (χ3n) is 5.67. The van der Waals surface area contributed by atoms with E-state index in [-0.39, 0.29) is 0 Å². The summed E-state index contributed by atoms with van der Waals surface area (Å²) in [5.74, 6) is 1.64. The second-order valence-electron chi connectivity index (χ2n) is 11.5. The highest BCUT2D eigenvalue weighted by Gasteiger charge is 2.30. The Bertz CT molecular complexity index is 323. The maximum atomic E-state index is 2.49. The van der Waals surface area contributed by atoms with Crippen molar-refractivity contribution < 1.29 is 0 Å². The van der Waals surface area contributed by atoms with Gasteiger partial charge in [-0.2, -0.15) is 0 Å². The SMILES string of the molecule is CCB(BCC(C)(C)CC(C)(C)C)CC(C)(C)CC(C)C(C)C. The van der Waals surface area contributed by atoms with E-state index in [9.17, 15) is 0 Å². The van der Waals surface area contributed by atoms with Crippen LogP contribution in [0.25, 0.3) is 0 Å². The Labute approximate surface area is 150 Å². The van der Waals surface area contributed by atoms with Crippen molar-refractivity contribution in [2.45, 2.75) is 108 Å². The summed E-state index contributed by atoms with van der Waals surface area (Å²) >= 11 is 0. The van der Waals surface area contributed by atoms with Gasteiger partial charge in [0.25, 0.3) is 0 Å². The molecule has 0 fully saturated rings. The van der Waals surface area contributed by atoms with Gasteiger partial charge in [-0.05, 0) is 40.9 Å². The standard InChI is InChI=1S/C21H46B2/c1-12-23(16-20(8,9)13-18(4)17(2)3)22-15-21(10,11)14-19(5,6)7/h17-18,22H,12-16H2,1-11H3. The van der Waals surface area contributed by atoms with Gasteiger partial charge in [-0.3, -0.25) is 0 Å². The minimum atomic E-state index is 0.442. The molecule has 1 atom stereocenters. The van der Waals surface area contributed by atoms with Gasteiger partial charge in [0.2, 0.25) is 0 Å². The zero-order valence-corrected chi connectivity index (χ0v) is 18.5. The molecule has 1 unspecified atom stereocenters. The summed E-state index contributed by atoms with van der Waals surface area (Å²) in [6, 6.07) is 0. The van der Waals surface area contributed by atoms with E-state index < -0.39 is 0 Å². The first kappa shape index (κ1) is 23.1. The number of hydrogen-bond acceptors (Lipinski definition) is 0. The second kappa shape index (κ2) is 9.00. The fraction of sp³-hybridized carbons (Fsp3) is 1.00.